The molecule has 0 unspecified atom stereocenters. The van der Waals surface area contributed by atoms with E-state index < -0.39 is 28.4 Å². The lowest BCUT2D eigenvalue weighted by Crippen LogP contribution is -2.33. The van der Waals surface area contributed by atoms with Gasteiger partial charge in [-0.15, -0.1) is 0 Å². The molecule has 1 aromatic heterocycles. The Kier molecular flexibility index (Phi) is 8.52. The van der Waals surface area contributed by atoms with Crippen LogP contribution in [0.2, 0.25) is 0 Å². The number of nitrogens with zero attached hydrogens (tertiary/aromatic N) is 2. The number of aliphatic hydroxyl groups excluding tert-OH is 2. The third kappa shape index (κ3) is 7.32. The Hall–Kier alpha value is -2.35. The van der Waals surface area contributed by atoms with Crippen LogP contribution in [0.5, 0.6) is 0 Å². The third-order valence-electron chi connectivity index (χ3n) is 6.67. The van der Waals surface area contributed by atoms with Crippen LogP contribution in [-0.2, 0) is 25.8 Å². The molecule has 2 aliphatic rings. The van der Waals surface area contributed by atoms with Crippen molar-refractivity contribution in [1.82, 2.24) is 9.97 Å². The molecule has 0 spiro atoms. The molecule has 6 atom stereocenters. The van der Waals surface area contributed by atoms with E-state index in [9.17, 15) is 18.6 Å². The predicted octanol–water partition coefficient (Wildman–Crippen LogP) is 1.02. The maximum atomic E-state index is 11.0. The Morgan fingerprint density at radius 3 is 2.57 bits per heavy atom. The summed E-state index contributed by atoms with van der Waals surface area (Å²) in [6.07, 6.45) is 2.86. The Morgan fingerprint density at radius 1 is 1.06 bits per heavy atom. The van der Waals surface area contributed by atoms with E-state index in [1.54, 1.807) is 6.07 Å². The lowest BCUT2D eigenvalue weighted by Gasteiger charge is -2.22. The zero-order chi connectivity index (χ0) is 24.8. The molecule has 11 nitrogen and oxygen atoms in total. The topological polar surface area (TPSA) is 169 Å². The monoisotopic (exact) mass is 507 g/mol. The Morgan fingerprint density at radius 2 is 1.80 bits per heavy atom. The molecule has 0 bridgehead atoms. The van der Waals surface area contributed by atoms with Gasteiger partial charge in [0.25, 0.3) is 0 Å². The van der Waals surface area contributed by atoms with Crippen molar-refractivity contribution in [1.29, 1.82) is 0 Å². The second-order valence-corrected chi connectivity index (χ2v) is 10.4. The third-order valence-corrected chi connectivity index (χ3v) is 7.14. The molecule has 6 N–H and O–H groups in total. The van der Waals surface area contributed by atoms with Gasteiger partial charge < -0.3 is 25.6 Å². The van der Waals surface area contributed by atoms with Crippen molar-refractivity contribution in [2.24, 2.45) is 17.0 Å². The van der Waals surface area contributed by atoms with Crippen LogP contribution in [0.4, 0.5) is 11.6 Å². The van der Waals surface area contributed by atoms with Crippen LogP contribution >= 0.6 is 0 Å². The minimum absolute atomic E-state index is 0.0909. The van der Waals surface area contributed by atoms with Gasteiger partial charge in [-0.1, -0.05) is 30.3 Å². The van der Waals surface area contributed by atoms with E-state index in [1.807, 2.05) is 18.2 Å². The smallest absolute Gasteiger partial charge is 0.333 e. The first kappa shape index (κ1) is 25.7. The van der Waals surface area contributed by atoms with Gasteiger partial charge in [0.2, 0.25) is 0 Å². The molecule has 0 amide bonds. The summed E-state index contributed by atoms with van der Waals surface area (Å²) in [7, 11) is -4.10. The molecule has 2 aromatic rings. The van der Waals surface area contributed by atoms with E-state index in [2.05, 4.69) is 36.9 Å². The number of nitrogens with two attached hydrogens (primary N) is 1. The van der Waals surface area contributed by atoms with Gasteiger partial charge in [0.05, 0.1) is 37.6 Å². The number of ether oxygens (including phenoxy) is 1. The summed E-state index contributed by atoms with van der Waals surface area (Å²) in [5, 5.41) is 32.1. The van der Waals surface area contributed by atoms with E-state index in [-0.39, 0.29) is 24.7 Å². The van der Waals surface area contributed by atoms with Gasteiger partial charge in [-0.25, -0.2) is 15.1 Å². The quantitative estimate of drug-likeness (QED) is 0.296. The van der Waals surface area contributed by atoms with Crippen molar-refractivity contribution in [3.05, 3.63) is 48.3 Å². The second kappa shape index (κ2) is 11.6. The summed E-state index contributed by atoms with van der Waals surface area (Å²) in [5.41, 5.74) is 1.14. The van der Waals surface area contributed by atoms with Crippen molar-refractivity contribution >= 4 is 21.9 Å². The van der Waals surface area contributed by atoms with Crippen molar-refractivity contribution in [3.8, 4) is 0 Å². The zero-order valence-electron chi connectivity index (χ0n) is 19.4. The molecule has 1 aromatic carbocycles. The van der Waals surface area contributed by atoms with Crippen molar-refractivity contribution in [3.63, 3.8) is 0 Å². The molecule has 192 valence electrons. The summed E-state index contributed by atoms with van der Waals surface area (Å²) in [5.74, 6) is 0.409. The molecule has 2 fully saturated rings. The van der Waals surface area contributed by atoms with Crippen LogP contribution < -0.4 is 15.8 Å². The lowest BCUT2D eigenvalue weighted by atomic mass is 10.0. The summed E-state index contributed by atoms with van der Waals surface area (Å²) < 4.78 is 32.8. The van der Waals surface area contributed by atoms with Crippen LogP contribution in [0.1, 0.15) is 31.2 Å². The highest BCUT2D eigenvalue weighted by molar-refractivity contribution is 7.84. The first-order valence-corrected chi connectivity index (χ1v) is 13.3. The molecule has 35 heavy (non-hydrogen) atoms. The van der Waals surface area contributed by atoms with Gasteiger partial charge in [0.1, 0.15) is 18.0 Å². The highest BCUT2D eigenvalue weighted by Gasteiger charge is 2.41. The zero-order valence-corrected chi connectivity index (χ0v) is 20.2. The molecule has 12 heteroatoms. The number of hydrogen-bond acceptors (Lipinski definition) is 10. The van der Waals surface area contributed by atoms with E-state index in [0.717, 1.165) is 24.8 Å². The first-order chi connectivity index (χ1) is 16.8. The van der Waals surface area contributed by atoms with Gasteiger partial charge in [-0.3, -0.25) is 4.18 Å². The largest absolute Gasteiger partial charge is 0.390 e. The highest BCUT2D eigenvalue weighted by atomic mass is 32.2. The minimum atomic E-state index is -4.10. The number of hydrogen-bond donors (Lipinski definition) is 5. The summed E-state index contributed by atoms with van der Waals surface area (Å²) in [6, 6.07) is 12.0. The van der Waals surface area contributed by atoms with Crippen LogP contribution in [0, 0.1) is 11.8 Å². The summed E-state index contributed by atoms with van der Waals surface area (Å²) in [6.45, 7) is 0.635. The number of anilines is 2. The average Bonchev–Trinajstić information content (AvgIpc) is 3.39. The van der Waals surface area contributed by atoms with Gasteiger partial charge >= 0.3 is 10.3 Å². The molecule has 4 rings (SSSR count). The SMILES string of the molecule is NS(=O)(=O)OC[C@H]1C[C@@H](CNc2cc(N[C@H]3CCC[C@@H]3OCc3ccccc3)ncn2)[C@H](O)[C@@H]1O. The predicted molar refractivity (Wildman–Crippen MR) is 129 cm³/mol. The molecule has 0 aliphatic heterocycles. The molecule has 0 saturated heterocycles. The lowest BCUT2D eigenvalue weighted by molar-refractivity contribution is -0.00162. The molecule has 2 aliphatic carbocycles. The van der Waals surface area contributed by atoms with Crippen LogP contribution in [0.3, 0.4) is 0 Å². The fourth-order valence-electron chi connectivity index (χ4n) is 4.81. The summed E-state index contributed by atoms with van der Waals surface area (Å²) in [4.78, 5) is 8.57. The molecule has 0 radical (unpaired) electrons. The van der Waals surface area contributed by atoms with Crippen LogP contribution in [0.25, 0.3) is 0 Å². The minimum Gasteiger partial charge on any atom is -0.390 e. The van der Waals surface area contributed by atoms with E-state index in [1.165, 1.54) is 6.33 Å². The van der Waals surface area contributed by atoms with Gasteiger partial charge in [-0.05, 0) is 31.2 Å². The fraction of sp³-hybridized carbons (Fsp3) is 0.565. The highest BCUT2D eigenvalue weighted by Crippen LogP contribution is 2.32. The first-order valence-electron chi connectivity index (χ1n) is 11.8. The van der Waals surface area contributed by atoms with E-state index in [0.29, 0.717) is 31.2 Å². The standard InChI is InChI=1S/C23H33N5O6S/c24-35(31,32)34-13-17-9-16(22(29)23(17)30)11-25-20-10-21(27-14-26-20)28-18-7-4-8-19(18)33-12-15-5-2-1-3-6-15/h1-3,5-6,10,14,16-19,22-23,29-30H,4,7-9,11-13H2,(H2,24,31,32)(H2,25,26,27,28)/t16-,17+,18-,19-,22-,23+/m0/s1. The van der Waals surface area contributed by atoms with Gasteiger partial charge in [0.15, 0.2) is 0 Å². The van der Waals surface area contributed by atoms with E-state index >= 15 is 0 Å². The van der Waals surface area contributed by atoms with Gasteiger partial charge in [-0.2, -0.15) is 8.42 Å². The Balaban J connectivity index is 1.28. The maximum Gasteiger partial charge on any atom is 0.333 e. The molecular formula is C23H33N5O6S. The van der Waals surface area contributed by atoms with Gasteiger partial charge in [0, 0.05) is 24.4 Å². The number of aromatic nitrogens is 2. The molecule has 2 saturated carbocycles. The van der Waals surface area contributed by atoms with Crippen molar-refractivity contribution < 1.29 is 27.6 Å². The van der Waals surface area contributed by atoms with Crippen LogP contribution in [0.15, 0.2) is 42.7 Å². The van der Waals surface area contributed by atoms with Crippen molar-refractivity contribution in [2.45, 2.75) is 56.6 Å². The Labute approximate surface area is 205 Å². The molecule has 1 heterocycles. The van der Waals surface area contributed by atoms with Crippen molar-refractivity contribution in [2.75, 3.05) is 23.8 Å². The number of benzene rings is 1. The number of nitrogens with one attached hydrogen (secondary N) is 2. The summed E-state index contributed by atoms with van der Waals surface area (Å²) >= 11 is 0. The average molecular weight is 508 g/mol. The van der Waals surface area contributed by atoms with Crippen LogP contribution in [-0.4, -0.2) is 66.1 Å². The normalized spacial score (nSPS) is 28.8. The maximum absolute atomic E-state index is 11.0. The van der Waals surface area contributed by atoms with E-state index in [4.69, 9.17) is 9.88 Å². The second-order valence-electron chi connectivity index (χ2n) is 9.20. The Bertz CT molecular complexity index is 1060. The molecular weight excluding hydrogens is 474 g/mol. The number of rotatable bonds is 11. The fourth-order valence-corrected chi connectivity index (χ4v) is 5.17. The number of aliphatic hydroxyl groups is 2.